The van der Waals surface area contributed by atoms with E-state index in [0.29, 0.717) is 19.4 Å². The molecule has 0 aliphatic carbocycles. The highest BCUT2D eigenvalue weighted by Crippen LogP contribution is 2.13. The van der Waals surface area contributed by atoms with Gasteiger partial charge in [-0.25, -0.2) is 5.21 Å². The first kappa shape index (κ1) is 26.5. The largest absolute Gasteiger partial charge is 0.481 e. The van der Waals surface area contributed by atoms with E-state index in [2.05, 4.69) is 6.92 Å². The summed E-state index contributed by atoms with van der Waals surface area (Å²) in [5, 5.41) is 35.9. The van der Waals surface area contributed by atoms with E-state index in [-0.39, 0.29) is 4.65 Å². The van der Waals surface area contributed by atoms with Crippen molar-refractivity contribution in [3.63, 3.8) is 0 Å². The Morgan fingerprint density at radius 3 is 1.84 bits per heavy atom. The normalized spacial score (nSPS) is 15.6. The second kappa shape index (κ2) is 16.8. The van der Waals surface area contributed by atoms with Crippen LogP contribution in [0.2, 0.25) is 0 Å². The fraction of sp³-hybridized carbons (Fsp3) is 0.947. The summed E-state index contributed by atoms with van der Waals surface area (Å²) < 4.78 is -0.0377. The molecule has 0 aliphatic heterocycles. The van der Waals surface area contributed by atoms with Gasteiger partial charge in [-0.2, -0.15) is 4.65 Å². The molecule has 4 N–H and O–H groups in total. The summed E-state index contributed by atoms with van der Waals surface area (Å²) >= 11 is 0. The number of carboxylic acid groups (broad SMARTS) is 1. The van der Waals surface area contributed by atoms with E-state index in [0.717, 1.165) is 26.5 Å². The summed E-state index contributed by atoms with van der Waals surface area (Å²) in [6, 6.07) is 0. The van der Waals surface area contributed by atoms with Gasteiger partial charge in [-0.3, -0.25) is 4.79 Å². The van der Waals surface area contributed by atoms with Crippen LogP contribution < -0.4 is 0 Å². The second-order valence-electron chi connectivity index (χ2n) is 7.10. The van der Waals surface area contributed by atoms with Crippen LogP contribution in [0.3, 0.4) is 0 Å². The third-order valence-corrected chi connectivity index (χ3v) is 4.60. The van der Waals surface area contributed by atoms with E-state index < -0.39 is 18.0 Å². The molecule has 0 aliphatic rings. The minimum atomic E-state index is -0.974. The third kappa shape index (κ3) is 16.5. The van der Waals surface area contributed by atoms with Gasteiger partial charge in [0.25, 0.3) is 0 Å². The van der Waals surface area contributed by atoms with Crippen molar-refractivity contribution in [3.05, 3.63) is 0 Å². The molecular weight excluding hydrogens is 322 g/mol. The Kier molecular flexibility index (Phi) is 17.8. The third-order valence-electron chi connectivity index (χ3n) is 4.60. The number of aliphatic hydroxyl groups excluding tert-OH is 2. The number of nitrogens with zero attached hydrogens (tertiary/aromatic N) is 1. The van der Waals surface area contributed by atoms with E-state index in [9.17, 15) is 15.1 Å². The quantitative estimate of drug-likeness (QED) is 0.203. The maximum Gasteiger partial charge on any atom is 0.308 e. The maximum absolute atomic E-state index is 10.8. The van der Waals surface area contributed by atoms with Crippen molar-refractivity contribution >= 4 is 5.97 Å². The highest BCUT2D eigenvalue weighted by Gasteiger charge is 2.23. The molecule has 0 spiro atoms. The predicted octanol–water partition coefficient (Wildman–Crippen LogP) is 3.43. The molecule has 0 amide bonds. The number of rotatable bonds is 15. The van der Waals surface area contributed by atoms with E-state index in [1.54, 1.807) is 7.05 Å². The Hall–Kier alpha value is -0.690. The van der Waals surface area contributed by atoms with E-state index in [1.807, 2.05) is 0 Å². The van der Waals surface area contributed by atoms with Crippen LogP contribution in [0, 0.1) is 5.92 Å². The van der Waals surface area contributed by atoms with Crippen LogP contribution in [-0.2, 0) is 4.79 Å². The fourth-order valence-corrected chi connectivity index (χ4v) is 2.75. The first-order chi connectivity index (χ1) is 11.8. The first-order valence-electron chi connectivity index (χ1n) is 9.73. The molecule has 25 heavy (non-hydrogen) atoms. The van der Waals surface area contributed by atoms with Crippen LogP contribution in [-0.4, -0.2) is 64.5 Å². The van der Waals surface area contributed by atoms with Crippen LogP contribution in [0.1, 0.15) is 78.1 Å². The molecule has 0 aromatic rings. The number of aliphatic carboxylic acids is 1. The Labute approximate surface area is 154 Å². The summed E-state index contributed by atoms with van der Waals surface area (Å²) in [5.74, 6) is -1.72. The summed E-state index contributed by atoms with van der Waals surface area (Å²) in [6.07, 6.45) is 10.2. The van der Waals surface area contributed by atoms with Gasteiger partial charge in [-0.1, -0.05) is 45.4 Å². The van der Waals surface area contributed by atoms with Gasteiger partial charge in [0.15, 0.2) is 0 Å². The number of hydrogen-bond donors (Lipinski definition) is 4. The van der Waals surface area contributed by atoms with E-state index in [1.165, 1.54) is 45.4 Å². The van der Waals surface area contributed by atoms with Crippen molar-refractivity contribution in [3.8, 4) is 0 Å². The molecule has 0 saturated carbocycles. The molecule has 3 unspecified atom stereocenters. The number of quaternary nitrogens is 1. The van der Waals surface area contributed by atoms with Crippen molar-refractivity contribution in [1.29, 1.82) is 0 Å². The summed E-state index contributed by atoms with van der Waals surface area (Å²) in [4.78, 5) is 10.8. The van der Waals surface area contributed by atoms with E-state index in [4.69, 9.17) is 10.2 Å². The SMILES string of the molecule is CCCCCCCCCC[N+](C)(O)CCCC(O)C(C)C(=O)O.CO. The van der Waals surface area contributed by atoms with Crippen molar-refractivity contribution < 1.29 is 30.0 Å². The highest BCUT2D eigenvalue weighted by molar-refractivity contribution is 5.70. The lowest BCUT2D eigenvalue weighted by Gasteiger charge is -2.26. The highest BCUT2D eigenvalue weighted by atomic mass is 16.5. The topological polar surface area (TPSA) is 98.0 Å². The second-order valence-corrected chi connectivity index (χ2v) is 7.10. The predicted molar refractivity (Wildman–Crippen MR) is 100 cm³/mol. The molecule has 0 aromatic carbocycles. The zero-order valence-corrected chi connectivity index (χ0v) is 16.8. The number of carbonyl (C=O) groups is 1. The molecular formula is C19H42NO5+. The molecule has 0 rings (SSSR count). The number of hydroxylamine groups is 3. The van der Waals surface area contributed by atoms with Gasteiger partial charge in [0.2, 0.25) is 0 Å². The minimum Gasteiger partial charge on any atom is -0.481 e. The fourth-order valence-electron chi connectivity index (χ4n) is 2.75. The number of aliphatic hydroxyl groups is 2. The first-order valence-corrected chi connectivity index (χ1v) is 9.73. The van der Waals surface area contributed by atoms with Crippen LogP contribution in [0.25, 0.3) is 0 Å². The average molecular weight is 365 g/mol. The lowest BCUT2D eigenvalue weighted by Crippen LogP contribution is -2.42. The monoisotopic (exact) mass is 364 g/mol. The van der Waals surface area contributed by atoms with Crippen molar-refractivity contribution in [2.24, 2.45) is 5.92 Å². The molecule has 0 heterocycles. The maximum atomic E-state index is 10.8. The molecule has 0 bridgehead atoms. The lowest BCUT2D eigenvalue weighted by molar-refractivity contribution is -1.09. The Morgan fingerprint density at radius 2 is 1.36 bits per heavy atom. The Balaban J connectivity index is 0. The minimum absolute atomic E-state index is 0.0377. The molecule has 0 aromatic heterocycles. The van der Waals surface area contributed by atoms with E-state index >= 15 is 0 Å². The smallest absolute Gasteiger partial charge is 0.308 e. The van der Waals surface area contributed by atoms with Gasteiger partial charge in [0.1, 0.15) is 13.1 Å². The molecule has 152 valence electrons. The van der Waals surface area contributed by atoms with Gasteiger partial charge in [-0.05, 0) is 26.2 Å². The number of carboxylic acids is 1. The Bertz CT molecular complexity index is 310. The Morgan fingerprint density at radius 1 is 0.920 bits per heavy atom. The van der Waals surface area contributed by atoms with Crippen LogP contribution in [0.15, 0.2) is 0 Å². The molecule has 6 nitrogen and oxygen atoms in total. The lowest BCUT2D eigenvalue weighted by atomic mass is 10.0. The summed E-state index contributed by atoms with van der Waals surface area (Å²) in [6.45, 7) is 5.02. The number of hydrogen-bond acceptors (Lipinski definition) is 4. The van der Waals surface area contributed by atoms with Gasteiger partial charge < -0.3 is 15.3 Å². The van der Waals surface area contributed by atoms with Crippen LogP contribution in [0.5, 0.6) is 0 Å². The van der Waals surface area contributed by atoms with Crippen LogP contribution >= 0.6 is 0 Å². The molecule has 0 fully saturated rings. The van der Waals surface area contributed by atoms with Gasteiger partial charge in [-0.15, -0.1) is 0 Å². The van der Waals surface area contributed by atoms with Gasteiger partial charge >= 0.3 is 5.97 Å². The van der Waals surface area contributed by atoms with Crippen LogP contribution in [0.4, 0.5) is 0 Å². The van der Waals surface area contributed by atoms with Gasteiger partial charge in [0.05, 0.1) is 19.1 Å². The summed E-state index contributed by atoms with van der Waals surface area (Å²) in [5.41, 5.74) is 0. The van der Waals surface area contributed by atoms with Crippen molar-refractivity contribution in [2.75, 3.05) is 27.2 Å². The zero-order valence-electron chi connectivity index (χ0n) is 16.8. The molecule has 3 atom stereocenters. The average Bonchev–Trinajstić information content (AvgIpc) is 2.58. The molecule has 6 heteroatoms. The standard InChI is InChI=1S/C18H37NO4.CH4O/c1-4-5-6-7-8-9-10-11-14-19(3,23)15-12-13-17(20)16(2)18(21)22;1-2/h16-17,20,23H,4-15H2,1-3H3;2H,1H3/p+1. The zero-order chi connectivity index (χ0) is 19.7. The van der Waals surface area contributed by atoms with Crippen molar-refractivity contribution in [2.45, 2.75) is 84.2 Å². The van der Waals surface area contributed by atoms with Gasteiger partial charge in [0, 0.05) is 13.5 Å². The number of unbranched alkanes of at least 4 members (excludes halogenated alkanes) is 7. The van der Waals surface area contributed by atoms with Crippen molar-refractivity contribution in [1.82, 2.24) is 0 Å². The molecule has 0 radical (unpaired) electrons. The summed E-state index contributed by atoms with van der Waals surface area (Å²) in [7, 11) is 2.79. The molecule has 0 saturated heterocycles.